The Kier molecular flexibility index (Phi) is 2.14. The van der Waals surface area contributed by atoms with Crippen molar-refractivity contribution in [2.45, 2.75) is 25.3 Å². The van der Waals surface area contributed by atoms with Crippen LogP contribution in [0, 0.1) is 23.7 Å². The lowest BCUT2D eigenvalue weighted by atomic mass is 10.0. The number of carbonyl (C=O) groups is 1. The van der Waals surface area contributed by atoms with Crippen LogP contribution in [0.25, 0.3) is 0 Å². The van der Waals surface area contributed by atoms with Crippen molar-refractivity contribution in [3.05, 3.63) is 23.8 Å². The molecule has 3 saturated carbocycles. The zero-order chi connectivity index (χ0) is 13.1. The number of benzene rings is 1. The number of aromatic carboxylic acids is 1. The largest absolute Gasteiger partial charge is 0.478 e. The van der Waals surface area contributed by atoms with Gasteiger partial charge in [-0.15, -0.1) is 0 Å². The van der Waals surface area contributed by atoms with E-state index in [1.807, 2.05) is 6.07 Å². The molecular formula is C15H18N2O2. The molecule has 4 nitrogen and oxygen atoms in total. The number of rotatable bonds is 3. The van der Waals surface area contributed by atoms with Gasteiger partial charge in [-0.2, -0.15) is 0 Å². The van der Waals surface area contributed by atoms with Gasteiger partial charge in [0, 0.05) is 17.4 Å². The highest BCUT2D eigenvalue weighted by Crippen LogP contribution is 2.66. The van der Waals surface area contributed by atoms with Gasteiger partial charge in [0.05, 0.1) is 5.56 Å². The van der Waals surface area contributed by atoms with E-state index in [1.54, 1.807) is 12.1 Å². The van der Waals surface area contributed by atoms with E-state index >= 15 is 0 Å². The number of fused-ring (bicyclic) bond motifs is 5. The first-order valence-corrected chi connectivity index (χ1v) is 7.04. The van der Waals surface area contributed by atoms with Crippen molar-refractivity contribution in [1.29, 1.82) is 0 Å². The lowest BCUT2D eigenvalue weighted by Gasteiger charge is -2.12. The monoisotopic (exact) mass is 258 g/mol. The van der Waals surface area contributed by atoms with Gasteiger partial charge in [-0.05, 0) is 61.1 Å². The van der Waals surface area contributed by atoms with Crippen LogP contribution in [0.2, 0.25) is 0 Å². The van der Waals surface area contributed by atoms with Crippen LogP contribution in [-0.2, 0) is 0 Å². The molecule has 3 fully saturated rings. The topological polar surface area (TPSA) is 75.3 Å². The van der Waals surface area contributed by atoms with E-state index < -0.39 is 5.97 Å². The molecule has 4 heteroatoms. The van der Waals surface area contributed by atoms with Crippen molar-refractivity contribution in [3.8, 4) is 0 Å². The van der Waals surface area contributed by atoms with Crippen LogP contribution in [0.15, 0.2) is 18.2 Å². The fourth-order valence-corrected chi connectivity index (χ4v) is 4.56. The molecule has 0 aromatic heterocycles. The Labute approximate surface area is 112 Å². The van der Waals surface area contributed by atoms with Crippen LogP contribution < -0.4 is 11.1 Å². The van der Waals surface area contributed by atoms with Gasteiger partial charge in [0.15, 0.2) is 0 Å². The molecule has 0 saturated heterocycles. The van der Waals surface area contributed by atoms with Gasteiger partial charge >= 0.3 is 5.97 Å². The average molecular weight is 258 g/mol. The highest BCUT2D eigenvalue weighted by atomic mass is 16.4. The summed E-state index contributed by atoms with van der Waals surface area (Å²) in [6.07, 6.45) is 4.25. The molecule has 4 atom stereocenters. The zero-order valence-corrected chi connectivity index (χ0v) is 10.7. The molecule has 4 rings (SSSR count). The maximum absolute atomic E-state index is 10.9. The number of anilines is 2. The Bertz CT molecular complexity index is 541. The van der Waals surface area contributed by atoms with Gasteiger partial charge in [-0.3, -0.25) is 0 Å². The fraction of sp³-hybridized carbons (Fsp3) is 0.533. The summed E-state index contributed by atoms with van der Waals surface area (Å²) in [7, 11) is 0. The number of hydrogen-bond acceptors (Lipinski definition) is 3. The second kappa shape index (κ2) is 3.65. The van der Waals surface area contributed by atoms with Gasteiger partial charge in [0.2, 0.25) is 0 Å². The first-order chi connectivity index (χ1) is 9.15. The van der Waals surface area contributed by atoms with Crippen LogP contribution in [-0.4, -0.2) is 17.1 Å². The lowest BCUT2D eigenvalue weighted by molar-refractivity contribution is 0.0698. The molecule has 19 heavy (non-hydrogen) atoms. The van der Waals surface area contributed by atoms with E-state index in [1.165, 1.54) is 19.3 Å². The van der Waals surface area contributed by atoms with Gasteiger partial charge in [-0.1, -0.05) is 0 Å². The summed E-state index contributed by atoms with van der Waals surface area (Å²) in [6.45, 7) is 0. The quantitative estimate of drug-likeness (QED) is 0.728. The predicted octanol–water partition coefficient (Wildman–Crippen LogP) is 2.42. The third kappa shape index (κ3) is 1.55. The molecule has 0 aliphatic heterocycles. The van der Waals surface area contributed by atoms with E-state index in [0.29, 0.717) is 11.7 Å². The molecule has 1 aromatic rings. The molecule has 0 heterocycles. The minimum Gasteiger partial charge on any atom is -0.478 e. The van der Waals surface area contributed by atoms with Gasteiger partial charge in [-0.25, -0.2) is 4.79 Å². The van der Waals surface area contributed by atoms with E-state index in [2.05, 4.69) is 5.32 Å². The molecular weight excluding hydrogens is 240 g/mol. The highest BCUT2D eigenvalue weighted by molar-refractivity contribution is 5.94. The maximum Gasteiger partial charge on any atom is 0.337 e. The third-order valence-electron chi connectivity index (χ3n) is 5.35. The van der Waals surface area contributed by atoms with Crippen molar-refractivity contribution < 1.29 is 9.90 Å². The van der Waals surface area contributed by atoms with Crippen LogP contribution >= 0.6 is 0 Å². The average Bonchev–Trinajstić information content (AvgIpc) is 2.78. The minimum atomic E-state index is -0.967. The Morgan fingerprint density at radius 3 is 2.53 bits per heavy atom. The normalized spacial score (nSPS) is 38.0. The standard InChI is InChI=1S/C15H18N2O2/c16-11-6-9(3-4-10(11)15(18)19)17-14-12-7-1-2-8(5-7)13(12)14/h3-4,6-8,12-14,17H,1-2,5,16H2,(H,18,19). The summed E-state index contributed by atoms with van der Waals surface area (Å²) in [5.74, 6) is 2.62. The second-order valence-electron chi connectivity index (χ2n) is 6.27. The molecule has 4 unspecified atom stereocenters. The van der Waals surface area contributed by atoms with Crippen LogP contribution in [0.5, 0.6) is 0 Å². The van der Waals surface area contributed by atoms with Crippen LogP contribution in [0.3, 0.4) is 0 Å². The molecule has 100 valence electrons. The molecule has 3 aliphatic carbocycles. The molecule has 0 spiro atoms. The third-order valence-corrected chi connectivity index (χ3v) is 5.35. The van der Waals surface area contributed by atoms with Gasteiger partial charge in [0.1, 0.15) is 0 Å². The zero-order valence-electron chi connectivity index (χ0n) is 10.7. The number of nitrogens with one attached hydrogen (secondary N) is 1. The van der Waals surface area contributed by atoms with E-state index in [-0.39, 0.29) is 5.56 Å². The summed E-state index contributed by atoms with van der Waals surface area (Å²) in [5.41, 5.74) is 7.26. The summed E-state index contributed by atoms with van der Waals surface area (Å²) in [5, 5.41) is 12.5. The number of nitrogen functional groups attached to an aromatic ring is 1. The molecule has 4 N–H and O–H groups in total. The number of carboxylic acids is 1. The summed E-state index contributed by atoms with van der Waals surface area (Å²) in [4.78, 5) is 10.9. The number of hydrogen-bond donors (Lipinski definition) is 3. The molecule has 3 aliphatic rings. The first kappa shape index (κ1) is 11.1. The summed E-state index contributed by atoms with van der Waals surface area (Å²) >= 11 is 0. The van der Waals surface area contributed by atoms with Crippen molar-refractivity contribution >= 4 is 17.3 Å². The predicted molar refractivity (Wildman–Crippen MR) is 73.0 cm³/mol. The van der Waals surface area contributed by atoms with Crippen molar-refractivity contribution in [1.82, 2.24) is 0 Å². The second-order valence-corrected chi connectivity index (χ2v) is 6.27. The van der Waals surface area contributed by atoms with Crippen molar-refractivity contribution in [2.24, 2.45) is 23.7 Å². The summed E-state index contributed by atoms with van der Waals surface area (Å²) in [6, 6.07) is 5.77. The first-order valence-electron chi connectivity index (χ1n) is 7.04. The number of nitrogens with two attached hydrogens (primary N) is 1. The van der Waals surface area contributed by atoms with Crippen LogP contribution in [0.1, 0.15) is 29.6 Å². The van der Waals surface area contributed by atoms with Gasteiger partial charge in [0.25, 0.3) is 0 Å². The number of carboxylic acid groups (broad SMARTS) is 1. The molecule has 0 radical (unpaired) electrons. The van der Waals surface area contributed by atoms with E-state index in [9.17, 15) is 4.79 Å². The Morgan fingerprint density at radius 2 is 1.95 bits per heavy atom. The summed E-state index contributed by atoms with van der Waals surface area (Å²) < 4.78 is 0. The molecule has 2 bridgehead atoms. The SMILES string of the molecule is Nc1cc(NC2C3C4CCC(C4)C23)ccc1C(=O)O. The van der Waals surface area contributed by atoms with Crippen LogP contribution in [0.4, 0.5) is 11.4 Å². The van der Waals surface area contributed by atoms with Crippen molar-refractivity contribution in [2.75, 3.05) is 11.1 Å². The smallest absolute Gasteiger partial charge is 0.337 e. The van der Waals surface area contributed by atoms with E-state index in [0.717, 1.165) is 29.4 Å². The molecule has 0 amide bonds. The maximum atomic E-state index is 10.9. The highest BCUT2D eigenvalue weighted by Gasteiger charge is 2.64. The van der Waals surface area contributed by atoms with Crippen molar-refractivity contribution in [3.63, 3.8) is 0 Å². The Hall–Kier alpha value is -1.71. The fourth-order valence-electron chi connectivity index (χ4n) is 4.56. The minimum absolute atomic E-state index is 0.182. The van der Waals surface area contributed by atoms with E-state index in [4.69, 9.17) is 10.8 Å². The Morgan fingerprint density at radius 1 is 1.26 bits per heavy atom. The molecule has 1 aromatic carbocycles. The lowest BCUT2D eigenvalue weighted by Crippen LogP contribution is -2.13. The Balaban J connectivity index is 1.50. The van der Waals surface area contributed by atoms with Gasteiger partial charge < -0.3 is 16.2 Å².